The van der Waals surface area contributed by atoms with Crippen LogP contribution in [0.1, 0.15) is 16.5 Å². The first-order chi connectivity index (χ1) is 12.6. The third kappa shape index (κ3) is 3.04. The lowest BCUT2D eigenvalue weighted by molar-refractivity contribution is 0.0934. The van der Waals surface area contributed by atoms with Gasteiger partial charge in [0.25, 0.3) is 5.91 Å². The smallest absolute Gasteiger partial charge is 0.287 e. The lowest BCUT2D eigenvalue weighted by Gasteiger charge is -2.02. The van der Waals surface area contributed by atoms with Gasteiger partial charge in [0.05, 0.1) is 17.6 Å². The van der Waals surface area contributed by atoms with Gasteiger partial charge in [0.15, 0.2) is 5.82 Å². The molecule has 26 heavy (non-hydrogen) atoms. The first kappa shape index (κ1) is 16.3. The average Bonchev–Trinajstić information content (AvgIpc) is 3.25. The molecule has 2 aromatic heterocycles. The number of aromatic nitrogens is 4. The molecule has 130 valence electrons. The molecule has 0 aliphatic heterocycles. The van der Waals surface area contributed by atoms with Crippen LogP contribution in [-0.2, 0) is 13.6 Å². The van der Waals surface area contributed by atoms with E-state index in [1.54, 1.807) is 23.7 Å². The fraction of sp³-hybridized carbons (Fsp3) is 0.111. The largest absolute Gasteiger partial charge is 0.419 e. The van der Waals surface area contributed by atoms with Gasteiger partial charge in [-0.25, -0.2) is 4.98 Å². The summed E-state index contributed by atoms with van der Waals surface area (Å²) in [6, 6.07) is 14.7. The van der Waals surface area contributed by atoms with Gasteiger partial charge in [0, 0.05) is 17.6 Å². The lowest BCUT2D eigenvalue weighted by Crippen LogP contribution is -2.25. The predicted octanol–water partition coefficient (Wildman–Crippen LogP) is 3.21. The Balaban J connectivity index is 1.49. The molecule has 4 aromatic rings. The zero-order chi connectivity index (χ0) is 18.1. The van der Waals surface area contributed by atoms with E-state index in [0.717, 1.165) is 11.1 Å². The molecule has 2 heterocycles. The number of nitrogens with one attached hydrogen (secondary N) is 1. The summed E-state index contributed by atoms with van der Waals surface area (Å²) in [6.07, 6.45) is 0. The van der Waals surface area contributed by atoms with Crippen LogP contribution in [0.3, 0.4) is 0 Å². The fourth-order valence-corrected chi connectivity index (χ4v) is 2.80. The Kier molecular flexibility index (Phi) is 4.14. The third-order valence-electron chi connectivity index (χ3n) is 3.93. The van der Waals surface area contributed by atoms with Crippen LogP contribution in [0.5, 0.6) is 0 Å². The Bertz CT molecular complexity index is 1090. The minimum Gasteiger partial charge on any atom is -0.419 e. The van der Waals surface area contributed by atoms with Crippen LogP contribution in [-0.4, -0.2) is 25.7 Å². The maximum absolute atomic E-state index is 12.5. The fourth-order valence-electron chi connectivity index (χ4n) is 2.63. The molecule has 0 saturated heterocycles. The monoisotopic (exact) mass is 367 g/mol. The molecule has 0 aliphatic carbocycles. The summed E-state index contributed by atoms with van der Waals surface area (Å²) in [4.78, 5) is 16.8. The lowest BCUT2D eigenvalue weighted by atomic mass is 10.2. The van der Waals surface area contributed by atoms with Crippen molar-refractivity contribution < 1.29 is 9.21 Å². The van der Waals surface area contributed by atoms with Crippen molar-refractivity contribution in [3.8, 4) is 11.5 Å². The molecule has 0 atom stereocenters. The minimum absolute atomic E-state index is 0.114. The van der Waals surface area contributed by atoms with Gasteiger partial charge in [-0.05, 0) is 30.3 Å². The zero-order valence-corrected chi connectivity index (χ0v) is 14.6. The molecule has 0 radical (unpaired) electrons. The molecular formula is C18H14ClN5O2. The summed E-state index contributed by atoms with van der Waals surface area (Å²) < 4.78 is 7.29. The van der Waals surface area contributed by atoms with E-state index < -0.39 is 0 Å². The van der Waals surface area contributed by atoms with E-state index in [1.807, 2.05) is 36.4 Å². The van der Waals surface area contributed by atoms with E-state index in [4.69, 9.17) is 16.0 Å². The van der Waals surface area contributed by atoms with Gasteiger partial charge in [-0.1, -0.05) is 29.8 Å². The zero-order valence-electron chi connectivity index (χ0n) is 13.8. The summed E-state index contributed by atoms with van der Waals surface area (Å²) in [7, 11) is 1.78. The van der Waals surface area contributed by atoms with Gasteiger partial charge < -0.3 is 14.3 Å². The van der Waals surface area contributed by atoms with Crippen LogP contribution < -0.4 is 5.32 Å². The summed E-state index contributed by atoms with van der Waals surface area (Å²) in [5, 5.41) is 11.3. The summed E-state index contributed by atoms with van der Waals surface area (Å²) in [6.45, 7) is 0.114. The Labute approximate surface area is 153 Å². The Morgan fingerprint density at radius 2 is 2.00 bits per heavy atom. The number of benzene rings is 2. The van der Waals surface area contributed by atoms with Crippen molar-refractivity contribution in [2.24, 2.45) is 7.05 Å². The number of halogens is 1. The summed E-state index contributed by atoms with van der Waals surface area (Å²) in [5.41, 5.74) is 2.31. The highest BCUT2D eigenvalue weighted by Crippen LogP contribution is 2.20. The quantitative estimate of drug-likeness (QED) is 0.598. The molecule has 0 spiro atoms. The minimum atomic E-state index is -0.334. The molecule has 4 rings (SSSR count). The number of imidazole rings is 1. The maximum atomic E-state index is 12.5. The standard InChI is InChI=1S/C18H14ClN5O2/c1-24-14-8-7-12(19)9-13(14)21-16(24)17(25)20-10-15-22-23-18(26-15)11-5-3-2-4-6-11/h2-9H,10H2,1H3,(H,20,25). The Morgan fingerprint density at radius 1 is 1.19 bits per heavy atom. The highest BCUT2D eigenvalue weighted by molar-refractivity contribution is 6.31. The molecule has 0 unspecified atom stereocenters. The first-order valence-corrected chi connectivity index (χ1v) is 8.27. The van der Waals surface area contributed by atoms with Crippen LogP contribution in [0, 0.1) is 0 Å². The van der Waals surface area contributed by atoms with E-state index in [1.165, 1.54) is 0 Å². The highest BCUT2D eigenvalue weighted by atomic mass is 35.5. The van der Waals surface area contributed by atoms with Gasteiger partial charge in [0.2, 0.25) is 11.8 Å². The number of fused-ring (bicyclic) bond motifs is 1. The van der Waals surface area contributed by atoms with Crippen molar-refractivity contribution in [3.05, 3.63) is 65.3 Å². The van der Waals surface area contributed by atoms with Gasteiger partial charge in [-0.3, -0.25) is 4.79 Å². The molecule has 8 heteroatoms. The number of rotatable bonds is 4. The molecule has 7 nitrogen and oxygen atoms in total. The first-order valence-electron chi connectivity index (χ1n) is 7.90. The van der Waals surface area contributed by atoms with E-state index in [9.17, 15) is 4.79 Å². The second-order valence-corrected chi connectivity index (χ2v) is 6.11. The van der Waals surface area contributed by atoms with Gasteiger partial charge in [-0.15, -0.1) is 10.2 Å². The van der Waals surface area contributed by atoms with Gasteiger partial charge in [0.1, 0.15) is 0 Å². The SMILES string of the molecule is Cn1c(C(=O)NCc2nnc(-c3ccccc3)o2)nc2cc(Cl)ccc21. The number of amides is 1. The van der Waals surface area contributed by atoms with E-state index in [2.05, 4.69) is 20.5 Å². The number of hydrogen-bond donors (Lipinski definition) is 1. The topological polar surface area (TPSA) is 85.8 Å². The number of aryl methyl sites for hydroxylation is 1. The van der Waals surface area contributed by atoms with Crippen molar-refractivity contribution in [2.75, 3.05) is 0 Å². The third-order valence-corrected chi connectivity index (χ3v) is 4.17. The number of carbonyl (C=O) groups is 1. The van der Waals surface area contributed by atoms with Crippen LogP contribution in [0.4, 0.5) is 0 Å². The Hall–Kier alpha value is -3.19. The second kappa shape index (κ2) is 6.61. The summed E-state index contributed by atoms with van der Waals surface area (Å²) >= 11 is 5.98. The van der Waals surface area contributed by atoms with Crippen molar-refractivity contribution in [1.82, 2.24) is 25.1 Å². The number of hydrogen-bond acceptors (Lipinski definition) is 5. The predicted molar refractivity (Wildman–Crippen MR) is 96.6 cm³/mol. The molecular weight excluding hydrogens is 354 g/mol. The van der Waals surface area contributed by atoms with Crippen LogP contribution in [0.15, 0.2) is 52.9 Å². The average molecular weight is 368 g/mol. The molecule has 1 N–H and O–H groups in total. The van der Waals surface area contributed by atoms with Gasteiger partial charge >= 0.3 is 0 Å². The number of carbonyl (C=O) groups excluding carboxylic acids is 1. The van der Waals surface area contributed by atoms with Crippen molar-refractivity contribution in [2.45, 2.75) is 6.54 Å². The second-order valence-electron chi connectivity index (χ2n) is 5.68. The normalized spacial score (nSPS) is 11.0. The molecule has 0 fully saturated rings. The van der Waals surface area contributed by atoms with Crippen LogP contribution in [0.2, 0.25) is 5.02 Å². The molecule has 1 amide bonds. The molecule has 0 bridgehead atoms. The molecule has 0 saturated carbocycles. The molecule has 0 aliphatic rings. The van der Waals surface area contributed by atoms with Crippen molar-refractivity contribution >= 4 is 28.5 Å². The highest BCUT2D eigenvalue weighted by Gasteiger charge is 2.16. The van der Waals surface area contributed by atoms with Crippen LogP contribution in [0.25, 0.3) is 22.5 Å². The van der Waals surface area contributed by atoms with E-state index in [-0.39, 0.29) is 18.3 Å². The van der Waals surface area contributed by atoms with Crippen LogP contribution >= 0.6 is 11.6 Å². The number of nitrogens with zero attached hydrogens (tertiary/aromatic N) is 4. The van der Waals surface area contributed by atoms with E-state index >= 15 is 0 Å². The molecule has 2 aromatic carbocycles. The van der Waals surface area contributed by atoms with E-state index in [0.29, 0.717) is 22.3 Å². The maximum Gasteiger partial charge on any atom is 0.287 e. The van der Waals surface area contributed by atoms with Crippen molar-refractivity contribution in [3.63, 3.8) is 0 Å². The van der Waals surface area contributed by atoms with Crippen molar-refractivity contribution in [1.29, 1.82) is 0 Å². The van der Waals surface area contributed by atoms with Gasteiger partial charge in [-0.2, -0.15) is 0 Å². The Morgan fingerprint density at radius 3 is 2.81 bits per heavy atom. The summed E-state index contributed by atoms with van der Waals surface area (Å²) in [5.74, 6) is 0.676.